The summed E-state index contributed by atoms with van der Waals surface area (Å²) in [5, 5.41) is 0. The van der Waals surface area contributed by atoms with Crippen LogP contribution in [0, 0.1) is 29.6 Å². The fraction of sp³-hybridized carbons (Fsp3) is 1.00. The minimum atomic E-state index is 0.810. The minimum absolute atomic E-state index is 0.810. The number of hydrogen-bond acceptors (Lipinski definition) is 1. The molecule has 0 saturated heterocycles. The van der Waals surface area contributed by atoms with Gasteiger partial charge in [-0.1, -0.05) is 40.5 Å². The van der Waals surface area contributed by atoms with Gasteiger partial charge in [-0.3, -0.25) is 0 Å². The topological polar surface area (TPSA) is 26.0 Å². The van der Waals surface area contributed by atoms with Crippen LogP contribution < -0.4 is 5.73 Å². The first kappa shape index (κ1) is 15.0. The summed E-state index contributed by atoms with van der Waals surface area (Å²) in [5.74, 6) is 4.42. The zero-order valence-electron chi connectivity index (χ0n) is 12.4. The third-order valence-corrected chi connectivity index (χ3v) is 4.91. The van der Waals surface area contributed by atoms with Crippen molar-refractivity contribution in [3.05, 3.63) is 0 Å². The summed E-state index contributed by atoms with van der Waals surface area (Å²) < 4.78 is 0. The molecule has 0 heterocycles. The third kappa shape index (κ3) is 4.62. The van der Waals surface area contributed by atoms with Crippen LogP contribution in [-0.2, 0) is 0 Å². The Balaban J connectivity index is 2.50. The normalized spacial score (nSPS) is 31.8. The van der Waals surface area contributed by atoms with Gasteiger partial charge in [0.15, 0.2) is 0 Å². The molecule has 1 aliphatic carbocycles. The summed E-state index contributed by atoms with van der Waals surface area (Å²) in [5.41, 5.74) is 5.96. The van der Waals surface area contributed by atoms with Gasteiger partial charge in [-0.2, -0.15) is 0 Å². The largest absolute Gasteiger partial charge is 0.330 e. The molecule has 4 atom stereocenters. The fourth-order valence-electron chi connectivity index (χ4n) is 3.69. The monoisotopic (exact) mass is 239 g/mol. The van der Waals surface area contributed by atoms with Crippen molar-refractivity contribution in [2.45, 2.75) is 66.2 Å². The molecule has 1 rings (SSSR count). The Labute approximate surface area is 109 Å². The summed E-state index contributed by atoms with van der Waals surface area (Å²) in [6.45, 7) is 10.4. The molecule has 0 aromatic carbocycles. The van der Waals surface area contributed by atoms with Crippen LogP contribution in [0.5, 0.6) is 0 Å². The first-order valence-electron chi connectivity index (χ1n) is 7.78. The second-order valence-electron chi connectivity index (χ2n) is 6.70. The van der Waals surface area contributed by atoms with Crippen LogP contribution in [0.15, 0.2) is 0 Å². The van der Waals surface area contributed by atoms with Crippen LogP contribution in [0.2, 0.25) is 0 Å². The van der Waals surface area contributed by atoms with E-state index in [1.807, 2.05) is 0 Å². The molecule has 17 heavy (non-hydrogen) atoms. The van der Waals surface area contributed by atoms with Crippen LogP contribution in [0.1, 0.15) is 66.2 Å². The molecule has 0 spiro atoms. The average molecular weight is 239 g/mol. The van der Waals surface area contributed by atoms with Crippen molar-refractivity contribution in [1.82, 2.24) is 0 Å². The molecule has 1 fully saturated rings. The number of hydrogen-bond donors (Lipinski definition) is 1. The maximum atomic E-state index is 5.96. The quantitative estimate of drug-likeness (QED) is 0.727. The molecular weight excluding hydrogens is 206 g/mol. The maximum Gasteiger partial charge on any atom is -0.00462 e. The summed E-state index contributed by atoms with van der Waals surface area (Å²) >= 11 is 0. The zero-order chi connectivity index (χ0) is 12.8. The van der Waals surface area contributed by atoms with E-state index in [-0.39, 0.29) is 0 Å². The summed E-state index contributed by atoms with van der Waals surface area (Å²) in [6, 6.07) is 0. The molecule has 1 aliphatic rings. The molecule has 102 valence electrons. The molecule has 2 N–H and O–H groups in total. The van der Waals surface area contributed by atoms with Crippen molar-refractivity contribution in [2.75, 3.05) is 6.54 Å². The Kier molecular flexibility index (Phi) is 6.54. The molecule has 0 aliphatic heterocycles. The Morgan fingerprint density at radius 2 is 1.82 bits per heavy atom. The van der Waals surface area contributed by atoms with Gasteiger partial charge >= 0.3 is 0 Å². The van der Waals surface area contributed by atoms with Crippen molar-refractivity contribution in [1.29, 1.82) is 0 Å². The van der Waals surface area contributed by atoms with E-state index in [0.717, 1.165) is 36.1 Å². The molecule has 0 bridgehead atoms. The molecular formula is C16H33N. The lowest BCUT2D eigenvalue weighted by atomic mass is 9.68. The smallest absolute Gasteiger partial charge is 0.00462 e. The highest BCUT2D eigenvalue weighted by Gasteiger charge is 2.31. The average Bonchev–Trinajstić information content (AvgIpc) is 2.29. The van der Waals surface area contributed by atoms with E-state index in [9.17, 15) is 0 Å². The number of nitrogens with two attached hydrogens (primary N) is 1. The predicted octanol–water partition coefficient (Wildman–Crippen LogP) is 4.46. The summed E-state index contributed by atoms with van der Waals surface area (Å²) in [7, 11) is 0. The molecule has 0 radical (unpaired) electrons. The van der Waals surface area contributed by atoms with Gasteiger partial charge < -0.3 is 5.73 Å². The van der Waals surface area contributed by atoms with Gasteiger partial charge in [-0.05, 0) is 61.8 Å². The van der Waals surface area contributed by atoms with Crippen molar-refractivity contribution in [3.8, 4) is 0 Å². The van der Waals surface area contributed by atoms with Gasteiger partial charge in [-0.15, -0.1) is 0 Å². The predicted molar refractivity (Wildman–Crippen MR) is 76.9 cm³/mol. The minimum Gasteiger partial charge on any atom is -0.330 e. The SMILES string of the molecule is CCCC(C)CC1CC(C(C)C)CCC1CN. The molecule has 1 heteroatoms. The first-order chi connectivity index (χ1) is 8.08. The van der Waals surface area contributed by atoms with E-state index < -0.39 is 0 Å². The molecule has 0 aromatic heterocycles. The summed E-state index contributed by atoms with van der Waals surface area (Å²) in [4.78, 5) is 0. The highest BCUT2D eigenvalue weighted by molar-refractivity contribution is 4.83. The van der Waals surface area contributed by atoms with E-state index in [1.54, 1.807) is 0 Å². The highest BCUT2D eigenvalue weighted by Crippen LogP contribution is 2.40. The zero-order valence-corrected chi connectivity index (χ0v) is 12.4. The highest BCUT2D eigenvalue weighted by atomic mass is 14.6. The molecule has 0 amide bonds. The van der Waals surface area contributed by atoms with Crippen molar-refractivity contribution in [2.24, 2.45) is 35.3 Å². The van der Waals surface area contributed by atoms with Gasteiger partial charge in [0.25, 0.3) is 0 Å². The van der Waals surface area contributed by atoms with Crippen LogP contribution in [0.25, 0.3) is 0 Å². The van der Waals surface area contributed by atoms with E-state index >= 15 is 0 Å². The van der Waals surface area contributed by atoms with Crippen LogP contribution >= 0.6 is 0 Å². The lowest BCUT2D eigenvalue weighted by Crippen LogP contribution is -2.33. The number of rotatable bonds is 6. The molecule has 4 unspecified atom stereocenters. The van der Waals surface area contributed by atoms with Gasteiger partial charge in [0.05, 0.1) is 0 Å². The fourth-order valence-corrected chi connectivity index (χ4v) is 3.69. The Morgan fingerprint density at radius 3 is 2.35 bits per heavy atom. The third-order valence-electron chi connectivity index (χ3n) is 4.91. The molecule has 0 aromatic rings. The lowest BCUT2D eigenvalue weighted by molar-refractivity contribution is 0.129. The Bertz CT molecular complexity index is 200. The van der Waals surface area contributed by atoms with Crippen LogP contribution in [0.3, 0.4) is 0 Å². The van der Waals surface area contributed by atoms with Gasteiger partial charge in [0, 0.05) is 0 Å². The van der Waals surface area contributed by atoms with Crippen LogP contribution in [-0.4, -0.2) is 6.54 Å². The van der Waals surface area contributed by atoms with Crippen molar-refractivity contribution in [3.63, 3.8) is 0 Å². The molecule has 1 nitrogen and oxygen atoms in total. The second-order valence-corrected chi connectivity index (χ2v) is 6.70. The maximum absolute atomic E-state index is 5.96. The Morgan fingerprint density at radius 1 is 1.12 bits per heavy atom. The van der Waals surface area contributed by atoms with E-state index in [2.05, 4.69) is 27.7 Å². The first-order valence-corrected chi connectivity index (χ1v) is 7.78. The Hall–Kier alpha value is -0.0400. The van der Waals surface area contributed by atoms with Crippen LogP contribution in [0.4, 0.5) is 0 Å². The second kappa shape index (κ2) is 7.41. The van der Waals surface area contributed by atoms with E-state index in [4.69, 9.17) is 5.73 Å². The van der Waals surface area contributed by atoms with Crippen molar-refractivity contribution >= 4 is 0 Å². The van der Waals surface area contributed by atoms with Gasteiger partial charge in [0.2, 0.25) is 0 Å². The van der Waals surface area contributed by atoms with Gasteiger partial charge in [-0.25, -0.2) is 0 Å². The van der Waals surface area contributed by atoms with E-state index in [1.165, 1.54) is 38.5 Å². The van der Waals surface area contributed by atoms with Gasteiger partial charge in [0.1, 0.15) is 0 Å². The van der Waals surface area contributed by atoms with E-state index in [0.29, 0.717) is 0 Å². The standard InChI is InChI=1S/C16H33N/c1-5-6-13(4)9-16-10-14(12(2)3)7-8-15(16)11-17/h12-16H,5-11,17H2,1-4H3. The lowest BCUT2D eigenvalue weighted by Gasteiger charge is -2.38. The van der Waals surface area contributed by atoms with Crippen molar-refractivity contribution < 1.29 is 0 Å². The summed E-state index contributed by atoms with van der Waals surface area (Å²) in [6.07, 6.45) is 8.36. The molecule has 1 saturated carbocycles.